The molecule has 0 saturated carbocycles. The molecule has 2 saturated heterocycles. The van der Waals surface area contributed by atoms with E-state index in [-0.39, 0.29) is 35.9 Å². The zero-order valence-electron chi connectivity index (χ0n) is 16.9. The summed E-state index contributed by atoms with van der Waals surface area (Å²) < 4.78 is 16.4. The average molecular weight is 398 g/mol. The van der Waals surface area contributed by atoms with Crippen molar-refractivity contribution in [2.75, 3.05) is 32.6 Å². The van der Waals surface area contributed by atoms with Gasteiger partial charge in [-0.3, -0.25) is 9.69 Å². The monoisotopic (exact) mass is 398 g/mol. The minimum Gasteiger partial charge on any atom is -0.497 e. The Bertz CT molecular complexity index is 912. The number of piperidine rings is 1. The molecule has 0 aromatic heterocycles. The normalized spacial score (nSPS) is 35.1. The van der Waals surface area contributed by atoms with Crippen molar-refractivity contribution in [2.24, 2.45) is 11.8 Å². The standard InChI is InChI=1S/C22H26N2O5/c1-12-14-10-24-8-7-22(18(24)9-13(14)15(11-29-12)20(25)28-3)19-16(23-21(22)26)5-4-6-17(19)27-2/h4-6,11-14,18H,7-10H2,1-3H3,(H,23,26)/t12-,13-,14+,18-,22+/m0/s1. The Kier molecular flexibility index (Phi) is 4.13. The van der Waals surface area contributed by atoms with E-state index in [4.69, 9.17) is 14.2 Å². The summed E-state index contributed by atoms with van der Waals surface area (Å²) in [5, 5.41) is 3.09. The van der Waals surface area contributed by atoms with Gasteiger partial charge < -0.3 is 19.5 Å². The second-order valence-corrected chi connectivity index (χ2v) is 8.48. The molecule has 2 fully saturated rings. The van der Waals surface area contributed by atoms with Crippen LogP contribution >= 0.6 is 0 Å². The maximum absolute atomic E-state index is 13.4. The highest BCUT2D eigenvalue weighted by Crippen LogP contribution is 2.56. The predicted octanol–water partition coefficient (Wildman–Crippen LogP) is 2.07. The Hall–Kier alpha value is -2.54. The van der Waals surface area contributed by atoms with Gasteiger partial charge in [0.05, 0.1) is 37.6 Å². The molecule has 1 spiro atoms. The van der Waals surface area contributed by atoms with Crippen LogP contribution in [0.25, 0.3) is 0 Å². The second-order valence-electron chi connectivity index (χ2n) is 8.48. The third kappa shape index (κ3) is 2.40. The molecule has 0 bridgehead atoms. The summed E-state index contributed by atoms with van der Waals surface area (Å²) in [6.07, 6.45) is 3.04. The molecule has 1 aromatic rings. The van der Waals surface area contributed by atoms with Crippen LogP contribution in [0.3, 0.4) is 0 Å². The van der Waals surface area contributed by atoms with Crippen molar-refractivity contribution in [3.05, 3.63) is 35.6 Å². The van der Waals surface area contributed by atoms with Gasteiger partial charge >= 0.3 is 5.97 Å². The van der Waals surface area contributed by atoms with Gasteiger partial charge in [-0.15, -0.1) is 0 Å². The van der Waals surface area contributed by atoms with E-state index in [9.17, 15) is 9.59 Å². The highest BCUT2D eigenvalue weighted by Gasteiger charge is 2.62. The van der Waals surface area contributed by atoms with E-state index in [1.807, 2.05) is 18.2 Å². The fourth-order valence-electron chi connectivity index (χ4n) is 6.03. The number of hydrogen-bond acceptors (Lipinski definition) is 6. The third-order valence-electron chi connectivity index (χ3n) is 7.42. The molecular formula is C22H26N2O5. The first-order valence-electron chi connectivity index (χ1n) is 10.2. The Morgan fingerprint density at radius 3 is 2.93 bits per heavy atom. The van der Waals surface area contributed by atoms with Crippen LogP contribution in [0.5, 0.6) is 5.75 Å². The summed E-state index contributed by atoms with van der Waals surface area (Å²) in [6.45, 7) is 3.68. The van der Waals surface area contributed by atoms with Crippen LogP contribution in [0, 0.1) is 11.8 Å². The molecule has 7 nitrogen and oxygen atoms in total. The SMILES string of the molecule is COC(=O)C1=CO[C@@H](C)[C@H]2CN3CC[C@@]4(C(=O)Nc5cccc(OC)c54)[C@@H]3C[C@H]12. The molecule has 5 rings (SSSR count). The lowest BCUT2D eigenvalue weighted by molar-refractivity contribution is -0.139. The highest BCUT2D eigenvalue weighted by atomic mass is 16.5. The van der Waals surface area contributed by atoms with E-state index in [1.165, 1.54) is 7.11 Å². The molecule has 1 N–H and O–H groups in total. The maximum atomic E-state index is 13.4. The lowest BCUT2D eigenvalue weighted by Crippen LogP contribution is -2.56. The number of benzene rings is 1. The summed E-state index contributed by atoms with van der Waals surface area (Å²) in [6, 6.07) is 5.76. The fraction of sp³-hybridized carbons (Fsp3) is 0.545. The Morgan fingerprint density at radius 2 is 2.17 bits per heavy atom. The zero-order chi connectivity index (χ0) is 20.3. The Labute approximate surface area is 170 Å². The lowest BCUT2D eigenvalue weighted by Gasteiger charge is -2.48. The molecule has 1 amide bonds. The van der Waals surface area contributed by atoms with Crippen LogP contribution in [0.1, 0.15) is 25.3 Å². The molecule has 0 aliphatic carbocycles. The molecule has 1 aromatic carbocycles. The van der Waals surface area contributed by atoms with Gasteiger partial charge in [0.1, 0.15) is 5.75 Å². The van der Waals surface area contributed by atoms with Gasteiger partial charge in [-0.25, -0.2) is 4.79 Å². The number of anilines is 1. The zero-order valence-corrected chi connectivity index (χ0v) is 16.9. The molecule has 4 aliphatic heterocycles. The van der Waals surface area contributed by atoms with Gasteiger partial charge in [0.25, 0.3) is 0 Å². The lowest BCUT2D eigenvalue weighted by atomic mass is 9.66. The Balaban J connectivity index is 1.58. The number of methoxy groups -OCH3 is 2. The van der Waals surface area contributed by atoms with Gasteiger partial charge in [-0.1, -0.05) is 6.07 Å². The van der Waals surface area contributed by atoms with Gasteiger partial charge in [0.2, 0.25) is 5.91 Å². The third-order valence-corrected chi connectivity index (χ3v) is 7.42. The molecule has 5 atom stereocenters. The first-order chi connectivity index (χ1) is 14.0. The van der Waals surface area contributed by atoms with E-state index in [0.717, 1.165) is 36.5 Å². The summed E-state index contributed by atoms with van der Waals surface area (Å²) in [5.41, 5.74) is 1.72. The van der Waals surface area contributed by atoms with Crippen LogP contribution in [-0.4, -0.2) is 56.2 Å². The maximum Gasteiger partial charge on any atom is 0.337 e. The van der Waals surface area contributed by atoms with E-state index in [0.29, 0.717) is 12.0 Å². The van der Waals surface area contributed by atoms with Crippen LogP contribution in [0.2, 0.25) is 0 Å². The van der Waals surface area contributed by atoms with Gasteiger partial charge in [0.15, 0.2) is 0 Å². The van der Waals surface area contributed by atoms with Crippen molar-refractivity contribution >= 4 is 17.6 Å². The number of rotatable bonds is 2. The van der Waals surface area contributed by atoms with E-state index < -0.39 is 5.41 Å². The number of nitrogens with one attached hydrogen (secondary N) is 1. The number of nitrogens with zero attached hydrogens (tertiary/aromatic N) is 1. The van der Waals surface area contributed by atoms with E-state index >= 15 is 0 Å². The number of carbonyl (C=O) groups excluding carboxylic acids is 2. The van der Waals surface area contributed by atoms with Gasteiger partial charge in [-0.2, -0.15) is 0 Å². The molecule has 154 valence electrons. The van der Waals surface area contributed by atoms with Crippen LogP contribution < -0.4 is 10.1 Å². The molecule has 4 aliphatic rings. The first-order valence-corrected chi connectivity index (χ1v) is 10.2. The quantitative estimate of drug-likeness (QED) is 0.769. The highest BCUT2D eigenvalue weighted by molar-refractivity contribution is 6.08. The summed E-state index contributed by atoms with van der Waals surface area (Å²) in [7, 11) is 3.04. The number of esters is 1. The number of hydrogen-bond donors (Lipinski definition) is 1. The number of fused-ring (bicyclic) bond motifs is 5. The van der Waals surface area contributed by atoms with Crippen molar-refractivity contribution in [3.63, 3.8) is 0 Å². The molecule has 0 radical (unpaired) electrons. The Morgan fingerprint density at radius 1 is 1.34 bits per heavy atom. The molecule has 4 heterocycles. The minimum absolute atomic E-state index is 0.000318. The van der Waals surface area contributed by atoms with Crippen LogP contribution in [-0.2, 0) is 24.5 Å². The molecule has 0 unspecified atom stereocenters. The number of carbonyl (C=O) groups is 2. The van der Waals surface area contributed by atoms with E-state index in [1.54, 1.807) is 13.4 Å². The average Bonchev–Trinajstić information content (AvgIpc) is 3.25. The molecule has 7 heteroatoms. The smallest absolute Gasteiger partial charge is 0.337 e. The summed E-state index contributed by atoms with van der Waals surface area (Å²) >= 11 is 0. The number of amides is 1. The first kappa shape index (κ1) is 18.5. The fourth-order valence-corrected chi connectivity index (χ4v) is 6.03. The molecular weight excluding hydrogens is 372 g/mol. The molecule has 29 heavy (non-hydrogen) atoms. The van der Waals surface area contributed by atoms with Crippen molar-refractivity contribution in [2.45, 2.75) is 37.3 Å². The van der Waals surface area contributed by atoms with Crippen LogP contribution in [0.4, 0.5) is 5.69 Å². The predicted molar refractivity (Wildman–Crippen MR) is 106 cm³/mol. The van der Waals surface area contributed by atoms with Crippen molar-refractivity contribution in [3.8, 4) is 5.75 Å². The number of ether oxygens (including phenoxy) is 3. The van der Waals surface area contributed by atoms with Crippen LogP contribution in [0.15, 0.2) is 30.0 Å². The summed E-state index contributed by atoms with van der Waals surface area (Å²) in [4.78, 5) is 28.2. The van der Waals surface area contributed by atoms with E-state index in [2.05, 4.69) is 17.1 Å². The van der Waals surface area contributed by atoms with Crippen molar-refractivity contribution < 1.29 is 23.8 Å². The summed E-state index contributed by atoms with van der Waals surface area (Å²) in [5.74, 6) is 0.637. The second kappa shape index (κ2) is 6.49. The van der Waals surface area contributed by atoms with Gasteiger partial charge in [0, 0.05) is 35.7 Å². The van der Waals surface area contributed by atoms with Crippen molar-refractivity contribution in [1.29, 1.82) is 0 Å². The van der Waals surface area contributed by atoms with Gasteiger partial charge in [-0.05, 0) is 38.4 Å². The topological polar surface area (TPSA) is 77.1 Å². The largest absolute Gasteiger partial charge is 0.497 e. The minimum atomic E-state index is -0.657. The van der Waals surface area contributed by atoms with Crippen molar-refractivity contribution in [1.82, 2.24) is 4.90 Å².